The SMILES string of the molecule is CC1COc2c(ccc(F)c2F)N1C(=O)CCCCCCCCCCN1C(=O)c2ccccc2C1=O. The number of ether oxygens (including phenoxy) is 1. The molecule has 0 bridgehead atoms. The second-order valence-electron chi connectivity index (χ2n) is 9.52. The summed E-state index contributed by atoms with van der Waals surface area (Å²) in [4.78, 5) is 40.4. The van der Waals surface area contributed by atoms with Gasteiger partial charge in [-0.05, 0) is 44.0 Å². The van der Waals surface area contributed by atoms with Crippen LogP contribution in [0.3, 0.4) is 0 Å². The zero-order valence-corrected chi connectivity index (χ0v) is 20.6. The normalized spacial score (nSPS) is 16.7. The van der Waals surface area contributed by atoms with Crippen LogP contribution in [0.15, 0.2) is 36.4 Å². The summed E-state index contributed by atoms with van der Waals surface area (Å²) < 4.78 is 32.9. The second-order valence-corrected chi connectivity index (χ2v) is 9.52. The lowest BCUT2D eigenvalue weighted by Gasteiger charge is -2.35. The van der Waals surface area contributed by atoms with E-state index in [0.717, 1.165) is 57.4 Å². The third-order valence-corrected chi connectivity index (χ3v) is 6.87. The molecule has 4 rings (SSSR count). The van der Waals surface area contributed by atoms with Gasteiger partial charge in [0.15, 0.2) is 11.6 Å². The Labute approximate surface area is 210 Å². The number of anilines is 1. The number of imide groups is 1. The first-order chi connectivity index (χ1) is 17.4. The molecule has 0 radical (unpaired) electrons. The highest BCUT2D eigenvalue weighted by molar-refractivity contribution is 6.21. The second kappa shape index (κ2) is 11.6. The maximum Gasteiger partial charge on any atom is 0.261 e. The van der Waals surface area contributed by atoms with Crippen LogP contribution in [0.25, 0.3) is 0 Å². The topological polar surface area (TPSA) is 66.9 Å². The van der Waals surface area contributed by atoms with Gasteiger partial charge in [0.1, 0.15) is 6.61 Å². The van der Waals surface area contributed by atoms with E-state index >= 15 is 0 Å². The molecule has 0 aliphatic carbocycles. The maximum atomic E-state index is 14.0. The van der Waals surface area contributed by atoms with E-state index in [1.54, 1.807) is 24.3 Å². The van der Waals surface area contributed by atoms with Crippen LogP contribution in [-0.2, 0) is 4.79 Å². The van der Waals surface area contributed by atoms with E-state index in [1.807, 2.05) is 6.92 Å². The number of rotatable bonds is 11. The molecule has 6 nitrogen and oxygen atoms in total. The van der Waals surface area contributed by atoms with Crippen LogP contribution in [0.1, 0.15) is 85.4 Å². The number of unbranched alkanes of at least 4 members (excludes halogenated alkanes) is 7. The van der Waals surface area contributed by atoms with Gasteiger partial charge in [-0.15, -0.1) is 0 Å². The maximum absolute atomic E-state index is 14.0. The number of nitrogens with zero attached hydrogens (tertiary/aromatic N) is 2. The van der Waals surface area contributed by atoms with Crippen LogP contribution in [0, 0.1) is 11.6 Å². The summed E-state index contributed by atoms with van der Waals surface area (Å²) in [7, 11) is 0. The summed E-state index contributed by atoms with van der Waals surface area (Å²) in [5.41, 5.74) is 1.28. The molecule has 1 atom stereocenters. The first-order valence-corrected chi connectivity index (χ1v) is 12.8. The van der Waals surface area contributed by atoms with Crippen molar-refractivity contribution in [3.8, 4) is 5.75 Å². The van der Waals surface area contributed by atoms with Gasteiger partial charge >= 0.3 is 0 Å². The predicted molar refractivity (Wildman–Crippen MR) is 132 cm³/mol. The van der Waals surface area contributed by atoms with Crippen molar-refractivity contribution in [1.82, 2.24) is 4.90 Å². The van der Waals surface area contributed by atoms with E-state index in [0.29, 0.717) is 29.8 Å². The first-order valence-electron chi connectivity index (χ1n) is 12.8. The van der Waals surface area contributed by atoms with Gasteiger partial charge in [-0.2, -0.15) is 4.39 Å². The highest BCUT2D eigenvalue weighted by Gasteiger charge is 2.34. The van der Waals surface area contributed by atoms with Crippen molar-refractivity contribution in [2.45, 2.75) is 70.8 Å². The minimum atomic E-state index is -1.05. The van der Waals surface area contributed by atoms with E-state index in [9.17, 15) is 23.2 Å². The number of amides is 3. The molecule has 192 valence electrons. The molecule has 8 heteroatoms. The Hall–Kier alpha value is -3.29. The molecule has 0 N–H and O–H groups in total. The van der Waals surface area contributed by atoms with Gasteiger partial charge in [0.2, 0.25) is 11.7 Å². The molecule has 2 aliphatic rings. The first kappa shape index (κ1) is 25.8. The molecule has 36 heavy (non-hydrogen) atoms. The molecule has 0 saturated heterocycles. The minimum Gasteiger partial charge on any atom is -0.486 e. The summed E-state index contributed by atoms with van der Waals surface area (Å²) in [6.45, 7) is 2.41. The van der Waals surface area contributed by atoms with Gasteiger partial charge in [0, 0.05) is 13.0 Å². The molecular weight excluding hydrogens is 466 g/mol. The van der Waals surface area contributed by atoms with Crippen molar-refractivity contribution < 1.29 is 27.9 Å². The molecule has 1 unspecified atom stereocenters. The van der Waals surface area contributed by atoms with Gasteiger partial charge in [-0.1, -0.05) is 50.7 Å². The molecule has 2 aromatic rings. The zero-order valence-electron chi connectivity index (χ0n) is 20.6. The summed E-state index contributed by atoms with van der Waals surface area (Å²) in [6, 6.07) is 9.12. The molecule has 0 saturated carbocycles. The van der Waals surface area contributed by atoms with E-state index in [4.69, 9.17) is 4.74 Å². The summed E-state index contributed by atoms with van der Waals surface area (Å²) in [5.74, 6) is -2.73. The Balaban J connectivity index is 1.09. The third kappa shape index (κ3) is 5.42. The minimum absolute atomic E-state index is 0.105. The number of benzene rings is 2. The lowest BCUT2D eigenvalue weighted by atomic mass is 10.1. The smallest absolute Gasteiger partial charge is 0.261 e. The quantitative estimate of drug-likeness (QED) is 0.286. The average molecular weight is 499 g/mol. The lowest BCUT2D eigenvalue weighted by molar-refractivity contribution is -0.119. The molecule has 2 aromatic carbocycles. The Morgan fingerprint density at radius 1 is 0.889 bits per heavy atom. The molecule has 3 amide bonds. The van der Waals surface area contributed by atoms with E-state index in [-0.39, 0.29) is 36.1 Å². The summed E-state index contributed by atoms with van der Waals surface area (Å²) in [5, 5.41) is 0. The Morgan fingerprint density at radius 3 is 2.11 bits per heavy atom. The van der Waals surface area contributed by atoms with Crippen molar-refractivity contribution in [2.75, 3.05) is 18.1 Å². The summed E-state index contributed by atoms with van der Waals surface area (Å²) >= 11 is 0. The number of fused-ring (bicyclic) bond motifs is 2. The number of carbonyl (C=O) groups is 3. The van der Waals surface area contributed by atoms with Crippen molar-refractivity contribution in [2.24, 2.45) is 0 Å². The Kier molecular flexibility index (Phi) is 8.33. The van der Waals surface area contributed by atoms with Crippen LogP contribution in [0.4, 0.5) is 14.5 Å². The average Bonchev–Trinajstić information content (AvgIpc) is 3.12. The van der Waals surface area contributed by atoms with Crippen molar-refractivity contribution in [1.29, 1.82) is 0 Å². The Bertz CT molecular complexity index is 1100. The van der Waals surface area contributed by atoms with Gasteiger partial charge in [0.25, 0.3) is 11.8 Å². The van der Waals surface area contributed by atoms with Gasteiger partial charge in [-0.3, -0.25) is 19.3 Å². The highest BCUT2D eigenvalue weighted by Crippen LogP contribution is 2.37. The fourth-order valence-corrected chi connectivity index (χ4v) is 4.91. The van der Waals surface area contributed by atoms with Crippen molar-refractivity contribution in [3.05, 3.63) is 59.2 Å². The fraction of sp³-hybridized carbons (Fsp3) is 0.464. The summed E-state index contributed by atoms with van der Waals surface area (Å²) in [6.07, 6.45) is 7.93. The number of carbonyl (C=O) groups excluding carboxylic acids is 3. The van der Waals surface area contributed by atoms with Crippen LogP contribution in [-0.4, -0.2) is 41.8 Å². The van der Waals surface area contributed by atoms with Crippen LogP contribution < -0.4 is 9.64 Å². The van der Waals surface area contributed by atoms with Crippen molar-refractivity contribution in [3.63, 3.8) is 0 Å². The van der Waals surface area contributed by atoms with Gasteiger partial charge < -0.3 is 9.64 Å². The largest absolute Gasteiger partial charge is 0.486 e. The van der Waals surface area contributed by atoms with E-state index in [2.05, 4.69) is 0 Å². The van der Waals surface area contributed by atoms with Crippen LogP contribution >= 0.6 is 0 Å². The molecule has 2 heterocycles. The predicted octanol–water partition coefficient (Wildman–Crippen LogP) is 5.89. The van der Waals surface area contributed by atoms with Crippen LogP contribution in [0.2, 0.25) is 0 Å². The fourth-order valence-electron chi connectivity index (χ4n) is 4.91. The number of hydrogen-bond acceptors (Lipinski definition) is 4. The third-order valence-electron chi connectivity index (χ3n) is 6.87. The molecule has 0 aromatic heterocycles. The number of halogens is 2. The molecule has 0 fully saturated rings. The zero-order chi connectivity index (χ0) is 25.7. The van der Waals surface area contributed by atoms with Gasteiger partial charge in [0.05, 0.1) is 22.9 Å². The molecule has 2 aliphatic heterocycles. The monoisotopic (exact) mass is 498 g/mol. The number of hydrogen-bond donors (Lipinski definition) is 0. The highest BCUT2D eigenvalue weighted by atomic mass is 19.2. The van der Waals surface area contributed by atoms with Gasteiger partial charge in [-0.25, -0.2) is 4.39 Å². The Morgan fingerprint density at radius 2 is 1.47 bits per heavy atom. The van der Waals surface area contributed by atoms with Crippen molar-refractivity contribution >= 4 is 23.4 Å². The standard InChI is InChI=1S/C28H32F2N2O4/c1-19-18-36-26-23(16-15-22(29)25(26)30)32(19)24(33)14-8-6-4-2-3-5-7-11-17-31-27(34)20-12-9-10-13-21(20)28(31)35/h9-10,12-13,15-16,19H,2-8,11,14,17-18H2,1H3. The van der Waals surface area contributed by atoms with E-state index in [1.165, 1.54) is 15.9 Å². The molecule has 0 spiro atoms. The molecular formula is C28H32F2N2O4. The van der Waals surface area contributed by atoms with Crippen LogP contribution in [0.5, 0.6) is 5.75 Å². The van der Waals surface area contributed by atoms with E-state index < -0.39 is 11.6 Å². The lowest BCUT2D eigenvalue weighted by Crippen LogP contribution is -2.45.